The van der Waals surface area contributed by atoms with Crippen molar-refractivity contribution in [3.05, 3.63) is 58.1 Å². The second-order valence-electron chi connectivity index (χ2n) is 7.90. The molecule has 0 bridgehead atoms. The van der Waals surface area contributed by atoms with Crippen molar-refractivity contribution in [3.8, 4) is 6.07 Å². The number of carbonyl (C=O) groups excluding carboxylic acids is 2. The molecular formula is C23H23ClN2O5S. The molecule has 1 N–H and O–H groups in total. The highest BCUT2D eigenvalue weighted by Crippen LogP contribution is 2.42. The van der Waals surface area contributed by atoms with Gasteiger partial charge in [-0.25, -0.2) is 8.42 Å². The lowest BCUT2D eigenvalue weighted by Gasteiger charge is -2.27. The smallest absolute Gasteiger partial charge is 0.328 e. The maximum atomic E-state index is 13.6. The van der Waals surface area contributed by atoms with E-state index in [0.29, 0.717) is 24.1 Å². The summed E-state index contributed by atoms with van der Waals surface area (Å²) < 4.78 is 30.6. The van der Waals surface area contributed by atoms with Crippen LogP contribution in [-0.2, 0) is 24.2 Å². The zero-order chi connectivity index (χ0) is 23.5. The molecule has 32 heavy (non-hydrogen) atoms. The number of nitrogens with zero attached hydrogens (tertiary/aromatic N) is 1. The van der Waals surface area contributed by atoms with Crippen LogP contribution in [0.15, 0.2) is 41.3 Å². The minimum absolute atomic E-state index is 0.119. The first-order valence-corrected chi connectivity index (χ1v) is 12.0. The highest BCUT2D eigenvalue weighted by molar-refractivity contribution is 7.93. The van der Waals surface area contributed by atoms with Crippen LogP contribution in [0.3, 0.4) is 0 Å². The van der Waals surface area contributed by atoms with Crippen LogP contribution in [0.2, 0.25) is 5.02 Å². The van der Waals surface area contributed by atoms with E-state index in [1.165, 1.54) is 18.2 Å². The van der Waals surface area contributed by atoms with E-state index in [9.17, 15) is 18.0 Å². The fraction of sp³-hybridized carbons (Fsp3) is 0.348. The van der Waals surface area contributed by atoms with Crippen molar-refractivity contribution >= 4 is 39.0 Å². The van der Waals surface area contributed by atoms with Gasteiger partial charge in [-0.15, -0.1) is 0 Å². The second-order valence-corrected chi connectivity index (χ2v) is 10.5. The van der Waals surface area contributed by atoms with Crippen LogP contribution >= 0.6 is 11.6 Å². The molecule has 9 heteroatoms. The van der Waals surface area contributed by atoms with Gasteiger partial charge >= 0.3 is 5.97 Å². The van der Waals surface area contributed by atoms with Crippen molar-refractivity contribution in [2.45, 2.75) is 49.2 Å². The molecule has 3 rings (SSSR count). The Labute approximate surface area is 192 Å². The lowest BCUT2D eigenvalue weighted by Crippen LogP contribution is -2.46. The number of rotatable bonds is 6. The highest BCUT2D eigenvalue weighted by atomic mass is 35.5. The third-order valence-electron chi connectivity index (χ3n) is 5.64. The predicted octanol–water partition coefficient (Wildman–Crippen LogP) is 4.10. The Hall–Kier alpha value is -2.89. The molecule has 0 unspecified atom stereocenters. The molecule has 168 valence electrons. The number of sulfone groups is 1. The minimum Gasteiger partial charge on any atom is -0.454 e. The summed E-state index contributed by atoms with van der Waals surface area (Å²) in [6.45, 7) is 2.84. The van der Waals surface area contributed by atoms with Crippen LogP contribution in [0.5, 0.6) is 0 Å². The number of aryl methyl sites for hydroxylation is 2. The molecule has 0 saturated heterocycles. The fourth-order valence-corrected chi connectivity index (χ4v) is 6.46. The van der Waals surface area contributed by atoms with E-state index in [1.807, 2.05) is 12.1 Å². The zero-order valence-corrected chi connectivity index (χ0v) is 19.3. The summed E-state index contributed by atoms with van der Waals surface area (Å²) in [6, 6.07) is 11.4. The molecule has 1 fully saturated rings. The third kappa shape index (κ3) is 4.50. The molecular weight excluding hydrogens is 452 g/mol. The van der Waals surface area contributed by atoms with Crippen molar-refractivity contribution in [3.63, 3.8) is 0 Å². The Kier molecular flexibility index (Phi) is 6.91. The molecule has 2 aromatic carbocycles. The Morgan fingerprint density at radius 3 is 2.47 bits per heavy atom. The molecule has 0 aliphatic heterocycles. The number of nitriles is 1. The average Bonchev–Trinajstić information content (AvgIpc) is 3.26. The van der Waals surface area contributed by atoms with E-state index in [4.69, 9.17) is 21.6 Å². The van der Waals surface area contributed by atoms with Gasteiger partial charge in [0, 0.05) is 5.69 Å². The number of hydrogen-bond acceptors (Lipinski definition) is 6. The number of benzene rings is 2. The number of esters is 1. The summed E-state index contributed by atoms with van der Waals surface area (Å²) in [5, 5.41) is 11.6. The van der Waals surface area contributed by atoms with Gasteiger partial charge in [0.1, 0.15) is 6.07 Å². The Morgan fingerprint density at radius 2 is 1.84 bits per heavy atom. The molecule has 1 aliphatic carbocycles. The summed E-state index contributed by atoms with van der Waals surface area (Å²) in [7, 11) is -4.03. The Bertz CT molecular complexity index is 1210. The van der Waals surface area contributed by atoms with Crippen LogP contribution in [0, 0.1) is 25.2 Å². The number of hydrogen-bond donors (Lipinski definition) is 1. The van der Waals surface area contributed by atoms with Crippen LogP contribution in [0.25, 0.3) is 0 Å². The van der Waals surface area contributed by atoms with E-state index >= 15 is 0 Å². The molecule has 0 radical (unpaired) electrons. The Balaban J connectivity index is 1.77. The molecule has 7 nitrogen and oxygen atoms in total. The second kappa shape index (κ2) is 9.31. The van der Waals surface area contributed by atoms with E-state index in [0.717, 1.165) is 5.56 Å². The first-order valence-electron chi connectivity index (χ1n) is 10.1. The van der Waals surface area contributed by atoms with Gasteiger partial charge in [-0.3, -0.25) is 9.59 Å². The maximum Gasteiger partial charge on any atom is 0.328 e. The molecule has 0 aromatic heterocycles. The molecule has 0 spiro atoms. The first kappa shape index (κ1) is 23.8. The topological polar surface area (TPSA) is 113 Å². The fourth-order valence-electron chi connectivity index (χ4n) is 3.88. The standard InChI is InChI=1S/C23H23ClN2O5S/c1-15-5-6-16(2)20(11-15)32(29,30)23(9-3-4-10-23)22(28)31-14-21(27)26-18-8-7-17(13-25)19(24)12-18/h5-8,11-12H,3-4,9-10,14H2,1-2H3,(H,26,27). The maximum absolute atomic E-state index is 13.6. The molecule has 1 aliphatic rings. The average molecular weight is 475 g/mol. The minimum atomic E-state index is -4.03. The van der Waals surface area contributed by atoms with Gasteiger partial charge in [0.25, 0.3) is 5.91 Å². The summed E-state index contributed by atoms with van der Waals surface area (Å²) in [4.78, 5) is 25.4. The zero-order valence-electron chi connectivity index (χ0n) is 17.8. The lowest BCUT2D eigenvalue weighted by molar-refractivity contribution is -0.149. The monoisotopic (exact) mass is 474 g/mol. The van der Waals surface area contributed by atoms with Crippen LogP contribution in [0.1, 0.15) is 42.4 Å². The molecule has 2 aromatic rings. The largest absolute Gasteiger partial charge is 0.454 e. The van der Waals surface area contributed by atoms with E-state index in [2.05, 4.69) is 5.32 Å². The molecule has 0 atom stereocenters. The van der Waals surface area contributed by atoms with E-state index in [-0.39, 0.29) is 28.3 Å². The van der Waals surface area contributed by atoms with Crippen molar-refractivity contribution < 1.29 is 22.7 Å². The van der Waals surface area contributed by atoms with Gasteiger partial charge in [0.05, 0.1) is 15.5 Å². The number of amides is 1. The first-order chi connectivity index (χ1) is 15.1. The van der Waals surface area contributed by atoms with Crippen LogP contribution in [-0.4, -0.2) is 31.6 Å². The summed E-state index contributed by atoms with van der Waals surface area (Å²) in [5.74, 6) is -1.56. The number of anilines is 1. The Morgan fingerprint density at radius 1 is 1.16 bits per heavy atom. The van der Waals surface area contributed by atoms with Crippen LogP contribution in [0.4, 0.5) is 5.69 Å². The van der Waals surface area contributed by atoms with Gasteiger partial charge in [0.15, 0.2) is 21.2 Å². The summed E-state index contributed by atoms with van der Waals surface area (Å²) >= 11 is 5.95. The van der Waals surface area contributed by atoms with Crippen molar-refractivity contribution in [1.82, 2.24) is 0 Å². The van der Waals surface area contributed by atoms with Gasteiger partial charge < -0.3 is 10.1 Å². The molecule has 0 heterocycles. The van der Waals surface area contributed by atoms with Gasteiger partial charge in [-0.05, 0) is 62.1 Å². The number of halogens is 1. The normalized spacial score (nSPS) is 15.1. The van der Waals surface area contributed by atoms with Crippen LogP contribution < -0.4 is 5.32 Å². The predicted molar refractivity (Wildman–Crippen MR) is 120 cm³/mol. The quantitative estimate of drug-likeness (QED) is 0.630. The lowest BCUT2D eigenvalue weighted by atomic mass is 10.1. The van der Waals surface area contributed by atoms with E-state index < -0.39 is 33.1 Å². The van der Waals surface area contributed by atoms with E-state index in [1.54, 1.807) is 26.0 Å². The summed E-state index contributed by atoms with van der Waals surface area (Å²) in [5.41, 5.74) is 1.92. The van der Waals surface area contributed by atoms with Crippen molar-refractivity contribution in [1.29, 1.82) is 5.26 Å². The number of carbonyl (C=O) groups is 2. The number of ether oxygens (including phenoxy) is 1. The molecule has 1 amide bonds. The number of nitrogens with one attached hydrogen (secondary N) is 1. The molecule has 1 saturated carbocycles. The van der Waals surface area contributed by atoms with Gasteiger partial charge in [0.2, 0.25) is 0 Å². The third-order valence-corrected chi connectivity index (χ3v) is 8.57. The van der Waals surface area contributed by atoms with Gasteiger partial charge in [-0.2, -0.15) is 5.26 Å². The summed E-state index contributed by atoms with van der Waals surface area (Å²) in [6.07, 6.45) is 1.45. The highest BCUT2D eigenvalue weighted by Gasteiger charge is 2.54. The van der Waals surface area contributed by atoms with Gasteiger partial charge in [-0.1, -0.05) is 36.6 Å². The van der Waals surface area contributed by atoms with Crippen molar-refractivity contribution in [2.75, 3.05) is 11.9 Å². The SMILES string of the molecule is Cc1ccc(C)c(S(=O)(=O)C2(C(=O)OCC(=O)Nc3ccc(C#N)c(Cl)c3)CCCC2)c1. The van der Waals surface area contributed by atoms with Crippen molar-refractivity contribution in [2.24, 2.45) is 0 Å².